The SMILES string of the molecule is CN/C=C(\C=N)c1ccc(-c2cncc(Cl)c2N2CCC(F)(C(N)=O)CC2)cc1. The fourth-order valence-corrected chi connectivity index (χ4v) is 3.78. The number of hydrogen-bond donors (Lipinski definition) is 3. The molecule has 6 nitrogen and oxygen atoms in total. The van der Waals surface area contributed by atoms with Gasteiger partial charge in [-0.3, -0.25) is 9.78 Å². The Morgan fingerprint density at radius 1 is 1.31 bits per heavy atom. The monoisotopic (exact) mass is 415 g/mol. The van der Waals surface area contributed by atoms with Gasteiger partial charge < -0.3 is 21.4 Å². The highest BCUT2D eigenvalue weighted by Crippen LogP contribution is 2.39. The molecule has 0 aliphatic carbocycles. The number of rotatable bonds is 6. The van der Waals surface area contributed by atoms with Crippen LogP contribution in [0.3, 0.4) is 0 Å². The number of amides is 1. The fourth-order valence-electron chi connectivity index (χ4n) is 3.50. The minimum Gasteiger partial charge on any atom is -0.393 e. The molecule has 0 bridgehead atoms. The van der Waals surface area contributed by atoms with Crippen molar-refractivity contribution in [3.05, 3.63) is 53.4 Å². The fraction of sp³-hybridized carbons (Fsp3) is 0.286. The van der Waals surface area contributed by atoms with Crippen molar-refractivity contribution in [2.75, 3.05) is 25.0 Å². The van der Waals surface area contributed by atoms with Crippen LogP contribution in [0.5, 0.6) is 0 Å². The Morgan fingerprint density at radius 2 is 1.97 bits per heavy atom. The van der Waals surface area contributed by atoms with Gasteiger partial charge in [-0.05, 0) is 11.1 Å². The highest BCUT2D eigenvalue weighted by atomic mass is 35.5. The molecule has 8 heteroatoms. The Balaban J connectivity index is 1.93. The number of nitrogens with zero attached hydrogens (tertiary/aromatic N) is 2. The van der Waals surface area contributed by atoms with E-state index in [1.54, 1.807) is 25.6 Å². The van der Waals surface area contributed by atoms with E-state index in [4.69, 9.17) is 22.7 Å². The van der Waals surface area contributed by atoms with E-state index in [2.05, 4.69) is 10.3 Å². The number of halogens is 2. The van der Waals surface area contributed by atoms with Crippen LogP contribution in [0.2, 0.25) is 5.02 Å². The third kappa shape index (κ3) is 4.24. The molecule has 0 atom stereocenters. The molecule has 1 fully saturated rings. The van der Waals surface area contributed by atoms with Crippen LogP contribution in [-0.4, -0.2) is 42.9 Å². The second-order valence-corrected chi connectivity index (χ2v) is 7.35. The summed E-state index contributed by atoms with van der Waals surface area (Å²) >= 11 is 6.45. The first-order valence-electron chi connectivity index (χ1n) is 9.25. The minimum atomic E-state index is -1.97. The molecule has 1 amide bonds. The van der Waals surface area contributed by atoms with E-state index < -0.39 is 11.6 Å². The molecule has 0 unspecified atom stereocenters. The van der Waals surface area contributed by atoms with Gasteiger partial charge in [-0.15, -0.1) is 0 Å². The third-order valence-corrected chi connectivity index (χ3v) is 5.45. The molecule has 1 saturated heterocycles. The lowest BCUT2D eigenvalue weighted by Crippen LogP contribution is -2.49. The number of primary amides is 1. The quantitative estimate of drug-likeness (QED) is 0.630. The van der Waals surface area contributed by atoms with Crippen LogP contribution in [-0.2, 0) is 4.79 Å². The first-order valence-corrected chi connectivity index (χ1v) is 9.63. The van der Waals surface area contributed by atoms with Crippen molar-refractivity contribution in [3.63, 3.8) is 0 Å². The van der Waals surface area contributed by atoms with Gasteiger partial charge in [0.05, 0.1) is 10.7 Å². The molecule has 2 aromatic rings. The number of allylic oxidation sites excluding steroid dienone is 1. The van der Waals surface area contributed by atoms with Crippen LogP contribution in [0.15, 0.2) is 42.9 Å². The van der Waals surface area contributed by atoms with E-state index in [9.17, 15) is 9.18 Å². The summed E-state index contributed by atoms with van der Waals surface area (Å²) in [6.45, 7) is 0.661. The number of carbonyl (C=O) groups excluding carboxylic acids is 1. The first kappa shape index (κ1) is 20.8. The maximum absolute atomic E-state index is 14.5. The van der Waals surface area contributed by atoms with Crippen molar-refractivity contribution < 1.29 is 9.18 Å². The lowest BCUT2D eigenvalue weighted by molar-refractivity contribution is -0.130. The summed E-state index contributed by atoms with van der Waals surface area (Å²) in [6.07, 6.45) is 6.37. The highest BCUT2D eigenvalue weighted by molar-refractivity contribution is 6.33. The van der Waals surface area contributed by atoms with Crippen LogP contribution >= 0.6 is 11.6 Å². The zero-order valence-electron chi connectivity index (χ0n) is 16.1. The van der Waals surface area contributed by atoms with E-state index in [0.717, 1.165) is 28.0 Å². The molecule has 1 aliphatic heterocycles. The average molecular weight is 416 g/mol. The normalized spacial score (nSPS) is 16.4. The molecule has 2 heterocycles. The van der Waals surface area contributed by atoms with Gasteiger partial charge in [-0.1, -0.05) is 35.9 Å². The van der Waals surface area contributed by atoms with Gasteiger partial charge in [-0.25, -0.2) is 4.39 Å². The van der Waals surface area contributed by atoms with E-state index in [-0.39, 0.29) is 12.8 Å². The molecule has 29 heavy (non-hydrogen) atoms. The zero-order valence-corrected chi connectivity index (χ0v) is 16.8. The summed E-state index contributed by atoms with van der Waals surface area (Å²) in [5.41, 5.74) is 7.39. The third-order valence-electron chi connectivity index (χ3n) is 5.17. The van der Waals surface area contributed by atoms with Gasteiger partial charge in [0.15, 0.2) is 5.67 Å². The number of anilines is 1. The number of nitrogens with one attached hydrogen (secondary N) is 2. The Labute approximate surface area is 174 Å². The minimum absolute atomic E-state index is 0.0247. The largest absolute Gasteiger partial charge is 0.393 e. The van der Waals surface area contributed by atoms with Crippen molar-refractivity contribution in [2.24, 2.45) is 5.73 Å². The van der Waals surface area contributed by atoms with E-state index >= 15 is 0 Å². The Kier molecular flexibility index (Phi) is 6.17. The number of pyridine rings is 1. The molecule has 1 aliphatic rings. The summed E-state index contributed by atoms with van der Waals surface area (Å²) < 4.78 is 14.5. The molecule has 3 rings (SSSR count). The summed E-state index contributed by atoms with van der Waals surface area (Å²) in [5.74, 6) is -0.912. The Morgan fingerprint density at radius 3 is 2.52 bits per heavy atom. The molecule has 1 aromatic heterocycles. The Hall–Kier alpha value is -2.93. The summed E-state index contributed by atoms with van der Waals surface area (Å²) in [6, 6.07) is 7.71. The second kappa shape index (κ2) is 8.61. The summed E-state index contributed by atoms with van der Waals surface area (Å²) in [4.78, 5) is 17.6. The lowest BCUT2D eigenvalue weighted by Gasteiger charge is -2.37. The maximum atomic E-state index is 14.5. The number of benzene rings is 1. The van der Waals surface area contributed by atoms with Crippen LogP contribution in [0.1, 0.15) is 18.4 Å². The van der Waals surface area contributed by atoms with Gasteiger partial charge in [0, 0.05) is 68.9 Å². The first-order chi connectivity index (χ1) is 13.9. The average Bonchev–Trinajstić information content (AvgIpc) is 2.73. The second-order valence-electron chi connectivity index (χ2n) is 6.94. The molecule has 4 N–H and O–H groups in total. The van der Waals surface area contributed by atoms with Gasteiger partial charge in [0.1, 0.15) is 0 Å². The number of nitrogens with two attached hydrogens (primary N) is 1. The van der Waals surface area contributed by atoms with Crippen LogP contribution in [0.25, 0.3) is 16.7 Å². The molecule has 0 radical (unpaired) electrons. The standard InChI is InChI=1S/C21H23ClFN5O/c1-26-11-16(10-24)14-2-4-15(5-3-14)17-12-27-13-18(22)19(17)28-8-6-21(23,7-9-28)20(25)29/h2-5,10-13,24,26H,6-9H2,1H3,(H2,25,29)/b16-11+,24-10?. The molecule has 1 aromatic carbocycles. The number of piperidine rings is 1. The van der Waals surface area contributed by atoms with E-state index in [1.807, 2.05) is 29.2 Å². The number of carbonyl (C=O) groups is 1. The predicted molar refractivity (Wildman–Crippen MR) is 115 cm³/mol. The van der Waals surface area contributed by atoms with Crippen molar-refractivity contribution in [1.29, 1.82) is 5.41 Å². The molecule has 152 valence electrons. The van der Waals surface area contributed by atoms with Crippen molar-refractivity contribution in [2.45, 2.75) is 18.5 Å². The van der Waals surface area contributed by atoms with Crippen LogP contribution < -0.4 is 16.0 Å². The van der Waals surface area contributed by atoms with Gasteiger partial charge in [-0.2, -0.15) is 0 Å². The van der Waals surface area contributed by atoms with Gasteiger partial charge in [0.2, 0.25) is 0 Å². The van der Waals surface area contributed by atoms with Crippen molar-refractivity contribution in [1.82, 2.24) is 10.3 Å². The van der Waals surface area contributed by atoms with Crippen LogP contribution in [0.4, 0.5) is 10.1 Å². The van der Waals surface area contributed by atoms with Crippen molar-refractivity contribution >= 4 is 35.0 Å². The van der Waals surface area contributed by atoms with Gasteiger partial charge in [0.25, 0.3) is 5.91 Å². The summed E-state index contributed by atoms with van der Waals surface area (Å²) in [5, 5.41) is 10.9. The summed E-state index contributed by atoms with van der Waals surface area (Å²) in [7, 11) is 1.78. The van der Waals surface area contributed by atoms with Crippen LogP contribution in [0, 0.1) is 5.41 Å². The predicted octanol–water partition coefficient (Wildman–Crippen LogP) is 3.41. The highest BCUT2D eigenvalue weighted by Gasteiger charge is 2.40. The van der Waals surface area contributed by atoms with Gasteiger partial charge >= 0.3 is 0 Å². The Bertz CT molecular complexity index is 937. The number of hydrogen-bond acceptors (Lipinski definition) is 5. The number of alkyl halides is 1. The zero-order chi connectivity index (χ0) is 21.0. The molecule has 0 saturated carbocycles. The maximum Gasteiger partial charge on any atom is 0.255 e. The lowest BCUT2D eigenvalue weighted by atomic mass is 9.91. The number of aromatic nitrogens is 1. The van der Waals surface area contributed by atoms with E-state index in [1.165, 1.54) is 6.21 Å². The van der Waals surface area contributed by atoms with E-state index in [0.29, 0.717) is 18.1 Å². The molecule has 0 spiro atoms. The molecular weight excluding hydrogens is 393 g/mol. The molecular formula is C21H23ClFN5O. The smallest absolute Gasteiger partial charge is 0.255 e. The topological polar surface area (TPSA) is 95.1 Å². The van der Waals surface area contributed by atoms with Crippen molar-refractivity contribution in [3.8, 4) is 11.1 Å².